The molecule has 2 heterocycles. The van der Waals surface area contributed by atoms with Crippen molar-refractivity contribution in [3.63, 3.8) is 0 Å². The Labute approximate surface area is 119 Å². The lowest BCUT2D eigenvalue weighted by Crippen LogP contribution is -1.92. The monoisotopic (exact) mass is 279 g/mol. The topological polar surface area (TPSA) is 39.2 Å². The van der Waals surface area contributed by atoms with E-state index in [0.29, 0.717) is 11.3 Å². The molecule has 0 aliphatic carbocycles. The van der Waals surface area contributed by atoms with Crippen LogP contribution in [0.3, 0.4) is 0 Å². The molecule has 0 unspecified atom stereocenters. The molecule has 0 saturated heterocycles. The zero-order chi connectivity index (χ0) is 13.5. The molecule has 20 heavy (non-hydrogen) atoms. The Bertz CT molecular complexity index is 831. The van der Waals surface area contributed by atoms with E-state index in [9.17, 15) is 4.79 Å². The number of fused-ring (bicyclic) bond motifs is 2. The second kappa shape index (κ2) is 4.28. The number of para-hydroxylation sites is 1. The summed E-state index contributed by atoms with van der Waals surface area (Å²) in [6, 6.07) is 15.3. The van der Waals surface area contributed by atoms with Gasteiger partial charge in [-0.25, -0.2) is 9.78 Å². The minimum atomic E-state index is -0.298. The second-order valence-corrected chi connectivity index (χ2v) is 5.53. The van der Waals surface area contributed by atoms with Crippen molar-refractivity contribution in [2.45, 2.75) is 0 Å². The number of carbonyl (C=O) groups excluding carboxylic acids is 1. The van der Waals surface area contributed by atoms with Crippen LogP contribution in [0.1, 0.15) is 20.9 Å². The van der Waals surface area contributed by atoms with Crippen LogP contribution in [0.25, 0.3) is 22.1 Å². The number of hydrogen-bond donors (Lipinski definition) is 0. The van der Waals surface area contributed by atoms with Gasteiger partial charge in [0.2, 0.25) is 0 Å². The first-order valence-electron chi connectivity index (χ1n) is 6.20. The molecule has 0 atom stereocenters. The number of ether oxygens (including phenoxy) is 1. The Morgan fingerprint density at radius 1 is 1.00 bits per heavy atom. The van der Waals surface area contributed by atoms with Crippen molar-refractivity contribution in [2.24, 2.45) is 0 Å². The van der Waals surface area contributed by atoms with Crippen LogP contribution in [0.4, 0.5) is 0 Å². The van der Waals surface area contributed by atoms with Gasteiger partial charge >= 0.3 is 5.97 Å². The first kappa shape index (κ1) is 11.4. The van der Waals surface area contributed by atoms with Gasteiger partial charge in [0.15, 0.2) is 0 Å². The predicted octanol–water partition coefficient (Wildman–Crippen LogP) is 3.96. The van der Waals surface area contributed by atoms with Crippen LogP contribution in [0.15, 0.2) is 48.5 Å². The summed E-state index contributed by atoms with van der Waals surface area (Å²) in [6.45, 7) is 0. The molecule has 0 bridgehead atoms. The van der Waals surface area contributed by atoms with Crippen molar-refractivity contribution < 1.29 is 9.53 Å². The summed E-state index contributed by atoms with van der Waals surface area (Å²) < 4.78 is 6.44. The van der Waals surface area contributed by atoms with Gasteiger partial charge in [-0.1, -0.05) is 30.3 Å². The Hall–Kier alpha value is -2.46. The van der Waals surface area contributed by atoms with E-state index in [1.807, 2.05) is 48.5 Å². The molecular formula is C16H9NO2S. The third-order valence-corrected chi connectivity index (χ3v) is 4.16. The number of hydrogen-bond acceptors (Lipinski definition) is 4. The summed E-state index contributed by atoms with van der Waals surface area (Å²) in [4.78, 5) is 16.3. The Balaban J connectivity index is 1.83. The molecule has 1 aromatic heterocycles. The van der Waals surface area contributed by atoms with E-state index in [4.69, 9.17) is 4.74 Å². The van der Waals surface area contributed by atoms with Gasteiger partial charge in [0.25, 0.3) is 0 Å². The Kier molecular flexibility index (Phi) is 2.44. The molecular weight excluding hydrogens is 270 g/mol. The molecule has 0 radical (unpaired) electrons. The van der Waals surface area contributed by atoms with E-state index >= 15 is 0 Å². The van der Waals surface area contributed by atoms with E-state index in [1.54, 1.807) is 17.4 Å². The molecule has 3 aromatic rings. The van der Waals surface area contributed by atoms with Crippen molar-refractivity contribution >= 4 is 39.4 Å². The van der Waals surface area contributed by atoms with Crippen molar-refractivity contribution in [2.75, 3.05) is 0 Å². The maximum atomic E-state index is 11.8. The molecule has 0 fully saturated rings. The van der Waals surface area contributed by atoms with Gasteiger partial charge in [-0.3, -0.25) is 0 Å². The SMILES string of the molecule is O=C1OC(=Cc2nc3ccccc3s2)c2ccccc21. The average Bonchev–Trinajstić information content (AvgIpc) is 3.01. The molecule has 0 spiro atoms. The first-order chi connectivity index (χ1) is 9.81. The van der Waals surface area contributed by atoms with Crippen LogP contribution in [-0.2, 0) is 4.74 Å². The standard InChI is InChI=1S/C16H9NO2S/c18-16-11-6-2-1-5-10(11)13(19-16)9-15-17-12-7-3-4-8-14(12)20-15/h1-9H. The largest absolute Gasteiger partial charge is 0.422 e. The molecule has 96 valence electrons. The second-order valence-electron chi connectivity index (χ2n) is 4.46. The summed E-state index contributed by atoms with van der Waals surface area (Å²) in [5, 5.41) is 0.839. The maximum absolute atomic E-state index is 11.8. The van der Waals surface area contributed by atoms with Crippen LogP contribution in [0.2, 0.25) is 0 Å². The van der Waals surface area contributed by atoms with E-state index in [1.165, 1.54) is 0 Å². The molecule has 1 aliphatic rings. The lowest BCUT2D eigenvalue weighted by Gasteiger charge is -1.95. The Morgan fingerprint density at radius 3 is 2.60 bits per heavy atom. The van der Waals surface area contributed by atoms with Crippen LogP contribution in [0.5, 0.6) is 0 Å². The van der Waals surface area contributed by atoms with Gasteiger partial charge in [0, 0.05) is 11.6 Å². The van der Waals surface area contributed by atoms with E-state index in [-0.39, 0.29) is 5.97 Å². The number of carbonyl (C=O) groups is 1. The minimum Gasteiger partial charge on any atom is -0.422 e. The number of benzene rings is 2. The number of cyclic esters (lactones) is 1. The number of aromatic nitrogens is 1. The van der Waals surface area contributed by atoms with Gasteiger partial charge in [0.05, 0.1) is 15.8 Å². The number of esters is 1. The van der Waals surface area contributed by atoms with Crippen molar-refractivity contribution in [3.8, 4) is 0 Å². The van der Waals surface area contributed by atoms with Gasteiger partial charge in [0.1, 0.15) is 10.8 Å². The summed E-state index contributed by atoms with van der Waals surface area (Å²) >= 11 is 1.58. The van der Waals surface area contributed by atoms with E-state index < -0.39 is 0 Å². The molecule has 0 N–H and O–H groups in total. The zero-order valence-corrected chi connectivity index (χ0v) is 11.2. The molecule has 1 aliphatic heterocycles. The highest BCUT2D eigenvalue weighted by Gasteiger charge is 2.25. The maximum Gasteiger partial charge on any atom is 0.344 e. The van der Waals surface area contributed by atoms with Crippen molar-refractivity contribution in [1.82, 2.24) is 4.98 Å². The number of thiazole rings is 1. The van der Waals surface area contributed by atoms with Gasteiger partial charge in [-0.05, 0) is 18.2 Å². The van der Waals surface area contributed by atoms with Crippen LogP contribution < -0.4 is 0 Å². The van der Waals surface area contributed by atoms with Crippen LogP contribution in [0, 0.1) is 0 Å². The predicted molar refractivity (Wildman–Crippen MR) is 79.3 cm³/mol. The van der Waals surface area contributed by atoms with E-state index in [0.717, 1.165) is 20.8 Å². The quantitative estimate of drug-likeness (QED) is 0.633. The third-order valence-electron chi connectivity index (χ3n) is 3.18. The number of nitrogens with zero attached hydrogens (tertiary/aromatic N) is 1. The first-order valence-corrected chi connectivity index (χ1v) is 7.02. The fourth-order valence-corrected chi connectivity index (χ4v) is 3.16. The molecule has 0 saturated carbocycles. The minimum absolute atomic E-state index is 0.298. The van der Waals surface area contributed by atoms with Crippen LogP contribution >= 0.6 is 11.3 Å². The molecule has 3 nitrogen and oxygen atoms in total. The lowest BCUT2D eigenvalue weighted by atomic mass is 10.1. The normalized spacial score (nSPS) is 15.6. The third kappa shape index (κ3) is 1.73. The number of rotatable bonds is 1. The average molecular weight is 279 g/mol. The van der Waals surface area contributed by atoms with Gasteiger partial charge in [-0.15, -0.1) is 11.3 Å². The highest BCUT2D eigenvalue weighted by molar-refractivity contribution is 7.19. The lowest BCUT2D eigenvalue weighted by molar-refractivity contribution is 0.0717. The summed E-state index contributed by atoms with van der Waals surface area (Å²) in [7, 11) is 0. The highest BCUT2D eigenvalue weighted by atomic mass is 32.1. The summed E-state index contributed by atoms with van der Waals surface area (Å²) in [5.74, 6) is 0.276. The Morgan fingerprint density at radius 2 is 1.75 bits per heavy atom. The van der Waals surface area contributed by atoms with Crippen molar-refractivity contribution in [3.05, 3.63) is 64.7 Å². The molecule has 0 amide bonds. The highest BCUT2D eigenvalue weighted by Crippen LogP contribution is 2.32. The fourth-order valence-electron chi connectivity index (χ4n) is 2.26. The summed E-state index contributed by atoms with van der Waals surface area (Å²) in [6.07, 6.45) is 1.83. The zero-order valence-electron chi connectivity index (χ0n) is 10.4. The van der Waals surface area contributed by atoms with Gasteiger partial charge < -0.3 is 4.74 Å². The van der Waals surface area contributed by atoms with E-state index in [2.05, 4.69) is 4.98 Å². The fraction of sp³-hybridized carbons (Fsp3) is 0. The molecule has 4 heteroatoms. The summed E-state index contributed by atoms with van der Waals surface area (Å²) in [5.41, 5.74) is 2.40. The van der Waals surface area contributed by atoms with Crippen LogP contribution in [-0.4, -0.2) is 11.0 Å². The molecule has 4 rings (SSSR count). The smallest absolute Gasteiger partial charge is 0.344 e. The molecule has 2 aromatic carbocycles. The van der Waals surface area contributed by atoms with Gasteiger partial charge in [-0.2, -0.15) is 0 Å². The van der Waals surface area contributed by atoms with Crippen molar-refractivity contribution in [1.29, 1.82) is 0 Å².